The molecule has 11 heteroatoms. The Bertz CT molecular complexity index is 1150. The molecule has 1 aromatic heterocycles. The van der Waals surface area contributed by atoms with E-state index in [1.165, 1.54) is 20.9 Å². The van der Waals surface area contributed by atoms with Gasteiger partial charge in [-0.1, -0.05) is 30.3 Å². The second kappa shape index (κ2) is 10.2. The van der Waals surface area contributed by atoms with Crippen molar-refractivity contribution in [2.24, 2.45) is 11.7 Å². The van der Waals surface area contributed by atoms with Crippen molar-refractivity contribution < 1.29 is 21.6 Å². The highest BCUT2D eigenvalue weighted by atomic mass is 32.2. The highest BCUT2D eigenvalue weighted by Gasteiger charge is 2.39. The van der Waals surface area contributed by atoms with Gasteiger partial charge < -0.3 is 10.5 Å². The van der Waals surface area contributed by atoms with Gasteiger partial charge in [0.15, 0.2) is 14.9 Å². The first-order chi connectivity index (χ1) is 15.8. The Balaban J connectivity index is 1.61. The Morgan fingerprint density at radius 1 is 1.00 bits per heavy atom. The highest BCUT2D eigenvalue weighted by molar-refractivity contribution is 7.91. The van der Waals surface area contributed by atoms with Gasteiger partial charge in [-0.05, 0) is 41.5 Å². The standard InChI is InChI=1S/C22H30N4O5S2/c23-14-18-6-7-24-22(13-18)32(27,28)17-19-12-21(20-4-2-1-3-5-20)16-26(15-19)33(29,30)25-8-10-31-11-9-25/h1-7,13,19,21H,8-12,14-17,23H2/t19-,21-/m0/s1. The van der Waals surface area contributed by atoms with E-state index in [4.69, 9.17) is 10.5 Å². The number of nitrogens with two attached hydrogens (primary N) is 1. The SMILES string of the molecule is NCc1ccnc(S(=O)(=O)C[C@H]2C[C@H](c3ccccc3)CN(S(=O)(=O)N3CCOCC3)C2)c1. The Kier molecular flexibility index (Phi) is 7.46. The second-order valence-corrected chi connectivity index (χ2v) is 12.4. The topological polar surface area (TPSA) is 123 Å². The highest BCUT2D eigenvalue weighted by Crippen LogP contribution is 2.34. The lowest BCUT2D eigenvalue weighted by molar-refractivity contribution is 0.0689. The lowest BCUT2D eigenvalue weighted by Gasteiger charge is -2.40. The lowest BCUT2D eigenvalue weighted by Crippen LogP contribution is -2.53. The van der Waals surface area contributed by atoms with Gasteiger partial charge in [-0.3, -0.25) is 0 Å². The van der Waals surface area contributed by atoms with Crippen LogP contribution in [0.5, 0.6) is 0 Å². The first-order valence-electron chi connectivity index (χ1n) is 11.1. The summed E-state index contributed by atoms with van der Waals surface area (Å²) in [4.78, 5) is 4.05. The molecular weight excluding hydrogens is 464 g/mol. The molecule has 1 aromatic carbocycles. The summed E-state index contributed by atoms with van der Waals surface area (Å²) < 4.78 is 61.3. The monoisotopic (exact) mass is 494 g/mol. The van der Waals surface area contributed by atoms with Crippen LogP contribution in [0, 0.1) is 5.92 Å². The summed E-state index contributed by atoms with van der Waals surface area (Å²) in [6.07, 6.45) is 2.02. The summed E-state index contributed by atoms with van der Waals surface area (Å²) in [7, 11) is -7.44. The van der Waals surface area contributed by atoms with E-state index in [1.54, 1.807) is 6.07 Å². The van der Waals surface area contributed by atoms with Crippen molar-refractivity contribution in [1.29, 1.82) is 0 Å². The quantitative estimate of drug-likeness (QED) is 0.609. The minimum atomic E-state index is -3.73. The van der Waals surface area contributed by atoms with Gasteiger partial charge in [-0.15, -0.1) is 0 Å². The van der Waals surface area contributed by atoms with Crippen LogP contribution in [0.2, 0.25) is 0 Å². The number of morpholine rings is 1. The smallest absolute Gasteiger partial charge is 0.282 e. The normalized spacial score (nSPS) is 23.4. The van der Waals surface area contributed by atoms with Gasteiger partial charge in [0.1, 0.15) is 0 Å². The van der Waals surface area contributed by atoms with Gasteiger partial charge in [0, 0.05) is 38.9 Å². The summed E-state index contributed by atoms with van der Waals surface area (Å²) in [5.41, 5.74) is 7.35. The zero-order valence-corrected chi connectivity index (χ0v) is 20.0. The van der Waals surface area contributed by atoms with Crippen molar-refractivity contribution in [1.82, 2.24) is 13.6 Å². The number of sulfone groups is 1. The molecule has 33 heavy (non-hydrogen) atoms. The van der Waals surface area contributed by atoms with Gasteiger partial charge >= 0.3 is 0 Å². The molecule has 0 amide bonds. The lowest BCUT2D eigenvalue weighted by atomic mass is 9.86. The number of hydrogen-bond acceptors (Lipinski definition) is 7. The molecule has 2 N–H and O–H groups in total. The van der Waals surface area contributed by atoms with E-state index in [1.807, 2.05) is 30.3 Å². The van der Waals surface area contributed by atoms with Crippen molar-refractivity contribution in [3.63, 3.8) is 0 Å². The van der Waals surface area contributed by atoms with E-state index in [-0.39, 0.29) is 35.7 Å². The number of hydrogen-bond donors (Lipinski definition) is 1. The number of pyridine rings is 1. The summed E-state index contributed by atoms with van der Waals surface area (Å²) >= 11 is 0. The molecule has 3 heterocycles. The molecule has 0 radical (unpaired) electrons. The molecule has 0 spiro atoms. The third-order valence-corrected chi connectivity index (χ3v) is 9.95. The van der Waals surface area contributed by atoms with Crippen LogP contribution in [-0.4, -0.2) is 75.6 Å². The van der Waals surface area contributed by atoms with Crippen molar-refractivity contribution in [3.05, 3.63) is 59.8 Å². The van der Waals surface area contributed by atoms with E-state index < -0.39 is 20.0 Å². The fraction of sp³-hybridized carbons (Fsp3) is 0.500. The summed E-state index contributed by atoms with van der Waals surface area (Å²) in [5, 5.41) is -0.0186. The number of aromatic nitrogens is 1. The summed E-state index contributed by atoms with van der Waals surface area (Å²) in [5.74, 6) is -0.639. The first kappa shape index (κ1) is 24.2. The van der Waals surface area contributed by atoms with Gasteiger partial charge in [0.05, 0.1) is 19.0 Å². The van der Waals surface area contributed by atoms with Crippen LogP contribution in [0.4, 0.5) is 0 Å². The van der Waals surface area contributed by atoms with E-state index in [0.717, 1.165) is 5.56 Å². The predicted octanol–water partition coefficient (Wildman–Crippen LogP) is 0.997. The maximum Gasteiger partial charge on any atom is 0.282 e. The molecule has 2 aliphatic rings. The average Bonchev–Trinajstić information content (AvgIpc) is 2.84. The number of benzene rings is 1. The van der Waals surface area contributed by atoms with Crippen LogP contribution in [0.1, 0.15) is 23.5 Å². The van der Waals surface area contributed by atoms with Crippen molar-refractivity contribution in [3.8, 4) is 0 Å². The third kappa shape index (κ3) is 5.61. The molecule has 0 saturated carbocycles. The van der Waals surface area contributed by atoms with E-state index in [0.29, 0.717) is 44.8 Å². The minimum absolute atomic E-state index is 0.0186. The Labute approximate surface area is 195 Å². The van der Waals surface area contributed by atoms with Crippen molar-refractivity contribution in [2.75, 3.05) is 45.1 Å². The number of ether oxygens (including phenoxy) is 1. The molecule has 0 unspecified atom stereocenters. The van der Waals surface area contributed by atoms with Crippen LogP contribution < -0.4 is 5.73 Å². The van der Waals surface area contributed by atoms with Crippen LogP contribution in [0.3, 0.4) is 0 Å². The molecule has 9 nitrogen and oxygen atoms in total. The van der Waals surface area contributed by atoms with Crippen LogP contribution in [0.15, 0.2) is 53.7 Å². The number of piperidine rings is 1. The molecule has 4 rings (SSSR count). The van der Waals surface area contributed by atoms with Gasteiger partial charge in [0.2, 0.25) is 0 Å². The van der Waals surface area contributed by atoms with E-state index in [9.17, 15) is 16.8 Å². The molecule has 180 valence electrons. The molecule has 0 bridgehead atoms. The van der Waals surface area contributed by atoms with Crippen LogP contribution in [0.25, 0.3) is 0 Å². The molecule has 2 saturated heterocycles. The fourth-order valence-corrected chi connectivity index (χ4v) is 7.81. The van der Waals surface area contributed by atoms with Crippen molar-refractivity contribution >= 4 is 20.0 Å². The number of rotatable bonds is 7. The Morgan fingerprint density at radius 3 is 2.42 bits per heavy atom. The Hall–Kier alpha value is -1.89. The third-order valence-electron chi connectivity index (χ3n) is 6.21. The van der Waals surface area contributed by atoms with Gasteiger partial charge in [0.25, 0.3) is 10.2 Å². The predicted molar refractivity (Wildman–Crippen MR) is 124 cm³/mol. The Morgan fingerprint density at radius 2 is 1.73 bits per heavy atom. The first-order valence-corrected chi connectivity index (χ1v) is 14.1. The largest absolute Gasteiger partial charge is 0.379 e. The fourth-order valence-electron chi connectivity index (χ4n) is 4.52. The van der Waals surface area contributed by atoms with Gasteiger partial charge in [-0.2, -0.15) is 17.0 Å². The van der Waals surface area contributed by atoms with Gasteiger partial charge in [-0.25, -0.2) is 13.4 Å². The number of nitrogens with zero attached hydrogens (tertiary/aromatic N) is 3. The molecule has 2 aromatic rings. The van der Waals surface area contributed by atoms with Crippen LogP contribution >= 0.6 is 0 Å². The summed E-state index contributed by atoms with van der Waals surface area (Å²) in [6, 6.07) is 12.8. The zero-order valence-electron chi connectivity index (χ0n) is 18.4. The van der Waals surface area contributed by atoms with Crippen LogP contribution in [-0.2, 0) is 31.3 Å². The molecular formula is C22H30N4O5S2. The minimum Gasteiger partial charge on any atom is -0.379 e. The zero-order chi connectivity index (χ0) is 23.5. The van der Waals surface area contributed by atoms with E-state index >= 15 is 0 Å². The summed E-state index contributed by atoms with van der Waals surface area (Å²) in [6.45, 7) is 2.00. The average molecular weight is 495 g/mol. The molecule has 2 fully saturated rings. The molecule has 0 aliphatic carbocycles. The maximum absolute atomic E-state index is 13.4. The van der Waals surface area contributed by atoms with E-state index in [2.05, 4.69) is 4.98 Å². The second-order valence-electron chi connectivity index (χ2n) is 8.53. The molecule has 2 atom stereocenters. The molecule has 2 aliphatic heterocycles. The maximum atomic E-state index is 13.4. The van der Waals surface area contributed by atoms with Crippen molar-refractivity contribution in [2.45, 2.75) is 23.9 Å².